The third kappa shape index (κ3) is 2.50. The van der Waals surface area contributed by atoms with E-state index in [9.17, 15) is 4.39 Å². The number of pyridine rings is 1. The Kier molecular flexibility index (Phi) is 3.05. The van der Waals surface area contributed by atoms with Crippen LogP contribution in [0.15, 0.2) is 30.7 Å². The molecule has 2 heterocycles. The molecule has 0 aromatic carbocycles. The second-order valence-corrected chi connectivity index (χ2v) is 3.37. The van der Waals surface area contributed by atoms with E-state index in [4.69, 9.17) is 0 Å². The zero-order chi connectivity index (χ0) is 11.4. The summed E-state index contributed by atoms with van der Waals surface area (Å²) < 4.78 is 13.2. The van der Waals surface area contributed by atoms with E-state index in [0.717, 1.165) is 5.56 Å². The number of halogens is 1. The molecule has 2 rings (SSSR count). The Bertz CT molecular complexity index is 470. The fraction of sp³-hybridized carbons (Fsp3) is 0.182. The predicted octanol–water partition coefficient (Wildman–Crippen LogP) is 1.93. The third-order valence-corrected chi connectivity index (χ3v) is 2.03. The first-order chi connectivity index (χ1) is 7.75. The van der Waals surface area contributed by atoms with Crippen LogP contribution in [0, 0.1) is 12.7 Å². The summed E-state index contributed by atoms with van der Waals surface area (Å²) in [5.41, 5.74) is 1.33. The van der Waals surface area contributed by atoms with Crippen LogP contribution in [0.1, 0.15) is 11.3 Å². The fourth-order valence-corrected chi connectivity index (χ4v) is 1.20. The molecule has 2 aromatic heterocycles. The highest BCUT2D eigenvalue weighted by Gasteiger charge is 2.02. The number of aromatic nitrogens is 3. The van der Waals surface area contributed by atoms with Crippen molar-refractivity contribution < 1.29 is 4.39 Å². The Morgan fingerprint density at radius 1 is 1.25 bits per heavy atom. The lowest BCUT2D eigenvalue weighted by Gasteiger charge is -2.04. The summed E-state index contributed by atoms with van der Waals surface area (Å²) in [4.78, 5) is 12.0. The highest BCUT2D eigenvalue weighted by molar-refractivity contribution is 5.25. The lowest BCUT2D eigenvalue weighted by molar-refractivity contribution is 0.602. The van der Waals surface area contributed by atoms with Gasteiger partial charge in [0.25, 0.3) is 0 Å². The number of hydrogen-bond acceptors (Lipinski definition) is 4. The minimum Gasteiger partial charge on any atom is -0.348 e. The SMILES string of the molecule is Cc1cnc(NCc2ncccc2F)nc1. The van der Waals surface area contributed by atoms with Gasteiger partial charge in [0.15, 0.2) is 0 Å². The molecule has 1 N–H and O–H groups in total. The first-order valence-electron chi connectivity index (χ1n) is 4.87. The fourth-order valence-electron chi connectivity index (χ4n) is 1.20. The predicted molar refractivity (Wildman–Crippen MR) is 58.3 cm³/mol. The van der Waals surface area contributed by atoms with Crippen LogP contribution in [0.2, 0.25) is 0 Å². The van der Waals surface area contributed by atoms with E-state index in [-0.39, 0.29) is 12.4 Å². The molecule has 0 saturated carbocycles. The third-order valence-electron chi connectivity index (χ3n) is 2.03. The zero-order valence-electron chi connectivity index (χ0n) is 8.81. The number of rotatable bonds is 3. The standard InChI is InChI=1S/C11H11FN4/c1-8-5-14-11(15-6-8)16-7-10-9(12)3-2-4-13-10/h2-6H,7H2,1H3,(H,14,15,16). The van der Waals surface area contributed by atoms with Gasteiger partial charge in [-0.3, -0.25) is 4.98 Å². The van der Waals surface area contributed by atoms with E-state index >= 15 is 0 Å². The Labute approximate surface area is 92.6 Å². The minimum atomic E-state index is -0.331. The Balaban J connectivity index is 2.02. The van der Waals surface area contributed by atoms with Gasteiger partial charge in [-0.1, -0.05) is 0 Å². The second kappa shape index (κ2) is 4.65. The molecule has 0 aliphatic carbocycles. The van der Waals surface area contributed by atoms with Gasteiger partial charge in [0.1, 0.15) is 5.82 Å². The van der Waals surface area contributed by atoms with Gasteiger partial charge in [-0.2, -0.15) is 0 Å². The maximum atomic E-state index is 13.2. The molecular formula is C11H11FN4. The number of anilines is 1. The van der Waals surface area contributed by atoms with Crippen LogP contribution in [-0.2, 0) is 6.54 Å². The normalized spacial score (nSPS) is 10.1. The summed E-state index contributed by atoms with van der Waals surface area (Å²) in [6.07, 6.45) is 4.95. The van der Waals surface area contributed by atoms with E-state index in [1.165, 1.54) is 6.07 Å². The molecule has 0 aliphatic rings. The highest BCUT2D eigenvalue weighted by atomic mass is 19.1. The Hall–Kier alpha value is -2.04. The van der Waals surface area contributed by atoms with Crippen molar-refractivity contribution in [2.75, 3.05) is 5.32 Å². The van der Waals surface area contributed by atoms with Crippen LogP contribution < -0.4 is 5.32 Å². The van der Waals surface area contributed by atoms with Gasteiger partial charge in [-0.05, 0) is 24.6 Å². The van der Waals surface area contributed by atoms with Crippen molar-refractivity contribution in [2.24, 2.45) is 0 Å². The summed E-state index contributed by atoms with van der Waals surface area (Å²) in [7, 11) is 0. The van der Waals surface area contributed by atoms with Crippen LogP contribution in [-0.4, -0.2) is 15.0 Å². The van der Waals surface area contributed by atoms with E-state index in [2.05, 4.69) is 20.3 Å². The molecular weight excluding hydrogens is 207 g/mol. The Morgan fingerprint density at radius 2 is 2.00 bits per heavy atom. The number of aryl methyl sites for hydroxylation is 1. The van der Waals surface area contributed by atoms with Crippen LogP contribution in [0.5, 0.6) is 0 Å². The second-order valence-electron chi connectivity index (χ2n) is 3.37. The first kappa shape index (κ1) is 10.5. The van der Waals surface area contributed by atoms with Crippen LogP contribution in [0.4, 0.5) is 10.3 Å². The van der Waals surface area contributed by atoms with Crippen molar-refractivity contribution in [3.8, 4) is 0 Å². The van der Waals surface area contributed by atoms with Crippen molar-refractivity contribution in [1.82, 2.24) is 15.0 Å². The van der Waals surface area contributed by atoms with Crippen molar-refractivity contribution >= 4 is 5.95 Å². The van der Waals surface area contributed by atoms with Gasteiger partial charge >= 0.3 is 0 Å². The van der Waals surface area contributed by atoms with Gasteiger partial charge in [-0.25, -0.2) is 14.4 Å². The van der Waals surface area contributed by atoms with Gasteiger partial charge in [0.05, 0.1) is 12.2 Å². The highest BCUT2D eigenvalue weighted by Crippen LogP contribution is 2.05. The molecule has 0 radical (unpaired) electrons. The van der Waals surface area contributed by atoms with Gasteiger partial charge in [0.2, 0.25) is 5.95 Å². The van der Waals surface area contributed by atoms with E-state index in [1.807, 2.05) is 6.92 Å². The average molecular weight is 218 g/mol. The first-order valence-corrected chi connectivity index (χ1v) is 4.87. The molecule has 5 heteroatoms. The summed E-state index contributed by atoms with van der Waals surface area (Å²) in [6.45, 7) is 2.18. The number of hydrogen-bond donors (Lipinski definition) is 1. The molecule has 0 aliphatic heterocycles. The summed E-state index contributed by atoms with van der Waals surface area (Å²) >= 11 is 0. The van der Waals surface area contributed by atoms with Crippen LogP contribution in [0.25, 0.3) is 0 Å². The van der Waals surface area contributed by atoms with Crippen LogP contribution >= 0.6 is 0 Å². The quantitative estimate of drug-likeness (QED) is 0.855. The molecule has 4 nitrogen and oxygen atoms in total. The maximum Gasteiger partial charge on any atom is 0.222 e. The summed E-state index contributed by atoms with van der Waals surface area (Å²) in [6, 6.07) is 2.93. The van der Waals surface area contributed by atoms with E-state index < -0.39 is 0 Å². The van der Waals surface area contributed by atoms with Gasteiger partial charge in [-0.15, -0.1) is 0 Å². The van der Waals surface area contributed by atoms with Crippen LogP contribution in [0.3, 0.4) is 0 Å². The molecule has 0 unspecified atom stereocenters. The van der Waals surface area contributed by atoms with Gasteiger partial charge in [0, 0.05) is 18.6 Å². The molecule has 2 aromatic rings. The van der Waals surface area contributed by atoms with Crippen molar-refractivity contribution in [2.45, 2.75) is 13.5 Å². The molecule has 16 heavy (non-hydrogen) atoms. The summed E-state index contributed by atoms with van der Waals surface area (Å²) in [5.74, 6) is 0.137. The average Bonchev–Trinajstić information content (AvgIpc) is 2.30. The van der Waals surface area contributed by atoms with Crippen molar-refractivity contribution in [3.05, 3.63) is 47.8 Å². The molecule has 0 saturated heterocycles. The van der Waals surface area contributed by atoms with Crippen molar-refractivity contribution in [1.29, 1.82) is 0 Å². The lowest BCUT2D eigenvalue weighted by Crippen LogP contribution is -2.06. The number of nitrogens with one attached hydrogen (secondary N) is 1. The molecule has 0 spiro atoms. The molecule has 0 atom stereocenters. The molecule has 0 fully saturated rings. The van der Waals surface area contributed by atoms with E-state index in [0.29, 0.717) is 11.6 Å². The van der Waals surface area contributed by atoms with Gasteiger partial charge < -0.3 is 5.32 Å². The lowest BCUT2D eigenvalue weighted by atomic mass is 10.3. The summed E-state index contributed by atoms with van der Waals surface area (Å²) in [5, 5.41) is 2.90. The number of nitrogens with zero attached hydrogens (tertiary/aromatic N) is 3. The molecule has 82 valence electrons. The molecule has 0 amide bonds. The van der Waals surface area contributed by atoms with E-state index in [1.54, 1.807) is 24.7 Å². The van der Waals surface area contributed by atoms with Crippen molar-refractivity contribution in [3.63, 3.8) is 0 Å². The smallest absolute Gasteiger partial charge is 0.222 e. The largest absolute Gasteiger partial charge is 0.348 e. The molecule has 0 bridgehead atoms. The minimum absolute atomic E-state index is 0.274. The monoisotopic (exact) mass is 218 g/mol. The maximum absolute atomic E-state index is 13.2. The topological polar surface area (TPSA) is 50.7 Å². The Morgan fingerprint density at radius 3 is 2.69 bits per heavy atom. The zero-order valence-corrected chi connectivity index (χ0v) is 8.81.